The first kappa shape index (κ1) is 12.2. The lowest BCUT2D eigenvalue weighted by Gasteiger charge is -2.20. The van der Waals surface area contributed by atoms with Crippen molar-refractivity contribution in [1.82, 2.24) is 0 Å². The number of alkyl halides is 3. The predicted octanol–water partition coefficient (Wildman–Crippen LogP) is 4.33. The maximum atomic E-state index is 6.25. The molecule has 0 aliphatic heterocycles. The highest BCUT2D eigenvalue weighted by molar-refractivity contribution is 9.09. The van der Waals surface area contributed by atoms with Crippen LogP contribution in [-0.4, -0.2) is 15.5 Å². The van der Waals surface area contributed by atoms with Crippen molar-refractivity contribution in [2.75, 3.05) is 10.7 Å². The van der Waals surface area contributed by atoms with Crippen LogP contribution < -0.4 is 0 Å². The molecular weight excluding hydrogens is 291 g/mol. The molecule has 0 saturated carbocycles. The molecule has 0 saturated heterocycles. The molecule has 0 aromatic rings. The molecule has 0 bridgehead atoms. The van der Waals surface area contributed by atoms with Crippen LogP contribution in [0, 0.1) is 0 Å². The molecule has 0 nitrogen and oxygen atoms in total. The summed E-state index contributed by atoms with van der Waals surface area (Å²) in [6, 6.07) is 0. The van der Waals surface area contributed by atoms with Crippen molar-refractivity contribution < 1.29 is 0 Å². The lowest BCUT2D eigenvalue weighted by molar-refractivity contribution is 0.523. The molecule has 0 unspecified atom stereocenters. The van der Waals surface area contributed by atoms with Gasteiger partial charge in [0.25, 0.3) is 0 Å². The third-order valence-corrected chi connectivity index (χ3v) is 3.16. The number of rotatable bonds is 6. The molecular formula is C8H15Br2Cl. The maximum absolute atomic E-state index is 6.25. The van der Waals surface area contributed by atoms with Gasteiger partial charge in [-0.05, 0) is 32.6 Å². The molecule has 0 aliphatic carbocycles. The minimum absolute atomic E-state index is 0.0154. The molecule has 11 heavy (non-hydrogen) atoms. The number of hydrogen-bond acceptors (Lipinski definition) is 0. The Balaban J connectivity index is 3.43. The number of halogens is 3. The van der Waals surface area contributed by atoms with Crippen molar-refractivity contribution in [3.8, 4) is 0 Å². The van der Waals surface area contributed by atoms with Crippen molar-refractivity contribution in [3.05, 3.63) is 0 Å². The lowest BCUT2D eigenvalue weighted by Crippen LogP contribution is -2.16. The van der Waals surface area contributed by atoms with E-state index < -0.39 is 0 Å². The van der Waals surface area contributed by atoms with Gasteiger partial charge in [-0.15, -0.1) is 11.6 Å². The predicted molar refractivity (Wildman–Crippen MR) is 60.3 cm³/mol. The molecule has 0 amide bonds. The summed E-state index contributed by atoms with van der Waals surface area (Å²) in [5.74, 6) is 0. The van der Waals surface area contributed by atoms with Crippen molar-refractivity contribution in [2.24, 2.45) is 0 Å². The molecule has 0 N–H and O–H groups in total. The van der Waals surface area contributed by atoms with E-state index in [1.807, 2.05) is 0 Å². The highest BCUT2D eigenvalue weighted by atomic mass is 79.9. The van der Waals surface area contributed by atoms with Gasteiger partial charge in [-0.1, -0.05) is 31.9 Å². The Morgan fingerprint density at radius 3 is 1.73 bits per heavy atom. The summed E-state index contributed by atoms with van der Waals surface area (Å²) in [5.41, 5.74) is 0. The van der Waals surface area contributed by atoms with Gasteiger partial charge in [0.05, 0.1) is 0 Å². The second kappa shape index (κ2) is 6.73. The fourth-order valence-electron chi connectivity index (χ4n) is 0.996. The first-order valence-corrected chi connectivity index (χ1v) is 6.55. The van der Waals surface area contributed by atoms with Crippen LogP contribution in [0.15, 0.2) is 0 Å². The normalized spacial score (nSPS) is 12.0. The molecule has 0 radical (unpaired) electrons. The summed E-state index contributed by atoms with van der Waals surface area (Å²) in [6.45, 7) is 2.12. The van der Waals surface area contributed by atoms with Crippen molar-refractivity contribution >= 4 is 43.5 Å². The van der Waals surface area contributed by atoms with E-state index in [0.717, 1.165) is 23.5 Å². The average molecular weight is 306 g/mol. The van der Waals surface area contributed by atoms with Crippen LogP contribution in [0.1, 0.15) is 32.6 Å². The van der Waals surface area contributed by atoms with E-state index >= 15 is 0 Å². The first-order chi connectivity index (χ1) is 5.12. The van der Waals surface area contributed by atoms with Crippen LogP contribution in [-0.2, 0) is 0 Å². The van der Waals surface area contributed by atoms with E-state index in [4.69, 9.17) is 11.6 Å². The van der Waals surface area contributed by atoms with E-state index in [9.17, 15) is 0 Å². The zero-order valence-corrected chi connectivity index (χ0v) is 10.8. The standard InChI is InChI=1S/C8H15Br2Cl/c1-8(11,4-2-6-9)5-3-7-10/h2-7H2,1H3. The second-order valence-electron chi connectivity index (χ2n) is 3.00. The Kier molecular flexibility index (Phi) is 7.50. The van der Waals surface area contributed by atoms with Gasteiger partial charge in [-0.2, -0.15) is 0 Å². The van der Waals surface area contributed by atoms with Crippen LogP contribution in [0.4, 0.5) is 0 Å². The SMILES string of the molecule is CC(Cl)(CCCBr)CCCBr. The second-order valence-corrected chi connectivity index (χ2v) is 5.50. The quantitative estimate of drug-likeness (QED) is 0.641. The van der Waals surface area contributed by atoms with Gasteiger partial charge in [0.15, 0.2) is 0 Å². The highest BCUT2D eigenvalue weighted by Gasteiger charge is 2.18. The van der Waals surface area contributed by atoms with Gasteiger partial charge in [0, 0.05) is 15.5 Å². The lowest BCUT2D eigenvalue weighted by atomic mass is 10.00. The molecule has 3 heteroatoms. The number of hydrogen-bond donors (Lipinski definition) is 0. The van der Waals surface area contributed by atoms with Crippen LogP contribution in [0.5, 0.6) is 0 Å². The van der Waals surface area contributed by atoms with Gasteiger partial charge >= 0.3 is 0 Å². The Morgan fingerprint density at radius 2 is 1.45 bits per heavy atom. The van der Waals surface area contributed by atoms with E-state index in [-0.39, 0.29) is 4.87 Å². The summed E-state index contributed by atoms with van der Waals surface area (Å²) in [5, 5.41) is 2.12. The summed E-state index contributed by atoms with van der Waals surface area (Å²) < 4.78 is 0. The van der Waals surface area contributed by atoms with E-state index in [1.54, 1.807) is 0 Å². The Bertz CT molecular complexity index is 84.1. The Hall–Kier alpha value is 1.25. The third kappa shape index (κ3) is 7.61. The summed E-state index contributed by atoms with van der Waals surface area (Å²) in [4.78, 5) is 0.0154. The van der Waals surface area contributed by atoms with Crippen LogP contribution in [0.25, 0.3) is 0 Å². The van der Waals surface area contributed by atoms with Gasteiger partial charge in [0.1, 0.15) is 0 Å². The molecule has 0 fully saturated rings. The summed E-state index contributed by atoms with van der Waals surface area (Å²) >= 11 is 13.1. The average Bonchev–Trinajstić information content (AvgIpc) is 1.97. The minimum atomic E-state index is 0.0154. The van der Waals surface area contributed by atoms with Gasteiger partial charge < -0.3 is 0 Å². The smallest absolute Gasteiger partial charge is 0.0419 e. The monoisotopic (exact) mass is 304 g/mol. The van der Waals surface area contributed by atoms with Crippen molar-refractivity contribution in [1.29, 1.82) is 0 Å². The molecule has 0 aliphatic rings. The van der Waals surface area contributed by atoms with Crippen LogP contribution in [0.2, 0.25) is 0 Å². The van der Waals surface area contributed by atoms with Gasteiger partial charge in [-0.25, -0.2) is 0 Å². The first-order valence-electron chi connectivity index (χ1n) is 3.93. The fraction of sp³-hybridized carbons (Fsp3) is 1.00. The molecule has 0 rings (SSSR count). The molecule has 0 aromatic carbocycles. The molecule has 0 aromatic heterocycles. The zero-order chi connectivity index (χ0) is 8.74. The molecule has 0 heterocycles. The molecule has 0 atom stereocenters. The fourth-order valence-corrected chi connectivity index (χ4v) is 1.82. The molecule has 0 spiro atoms. The van der Waals surface area contributed by atoms with E-state index in [2.05, 4.69) is 38.8 Å². The topological polar surface area (TPSA) is 0 Å². The van der Waals surface area contributed by atoms with Crippen molar-refractivity contribution in [2.45, 2.75) is 37.5 Å². The molecule has 68 valence electrons. The largest absolute Gasteiger partial charge is 0.120 e. The van der Waals surface area contributed by atoms with Crippen LogP contribution in [0.3, 0.4) is 0 Å². The van der Waals surface area contributed by atoms with Crippen LogP contribution >= 0.6 is 43.5 Å². The highest BCUT2D eigenvalue weighted by Crippen LogP contribution is 2.27. The van der Waals surface area contributed by atoms with Crippen molar-refractivity contribution in [3.63, 3.8) is 0 Å². The Labute approximate surface area is 91.3 Å². The van der Waals surface area contributed by atoms with Gasteiger partial charge in [0.2, 0.25) is 0 Å². The summed E-state index contributed by atoms with van der Waals surface area (Å²) in [7, 11) is 0. The maximum Gasteiger partial charge on any atom is 0.0419 e. The van der Waals surface area contributed by atoms with Gasteiger partial charge in [-0.3, -0.25) is 0 Å². The third-order valence-electron chi connectivity index (χ3n) is 1.66. The minimum Gasteiger partial charge on any atom is -0.120 e. The Morgan fingerprint density at radius 1 is 1.09 bits per heavy atom. The van der Waals surface area contributed by atoms with E-state index in [0.29, 0.717) is 0 Å². The summed E-state index contributed by atoms with van der Waals surface area (Å²) in [6.07, 6.45) is 4.55. The zero-order valence-electron chi connectivity index (χ0n) is 6.88. The van der Waals surface area contributed by atoms with E-state index in [1.165, 1.54) is 12.8 Å².